The number of hydrogen-bond donors (Lipinski definition) is 2. The van der Waals surface area contributed by atoms with Crippen molar-refractivity contribution in [1.82, 2.24) is 14.9 Å². The van der Waals surface area contributed by atoms with Gasteiger partial charge in [0.05, 0.1) is 16.4 Å². The normalized spacial score (nSPS) is 13.8. The molecule has 0 saturated carbocycles. The van der Waals surface area contributed by atoms with Gasteiger partial charge in [-0.3, -0.25) is 9.59 Å². The minimum Gasteiger partial charge on any atom is -0.345 e. The molecule has 2 amide bonds. The van der Waals surface area contributed by atoms with Crippen LogP contribution in [0.1, 0.15) is 60.4 Å². The average molecular weight is 375 g/mol. The molecule has 0 radical (unpaired) electrons. The molecule has 1 aliphatic heterocycles. The summed E-state index contributed by atoms with van der Waals surface area (Å²) in [5.41, 5.74) is 1.25. The lowest BCUT2D eigenvalue weighted by atomic mass is 10.1. The molecule has 0 unspecified atom stereocenters. The van der Waals surface area contributed by atoms with Crippen LogP contribution in [0.15, 0.2) is 24.3 Å². The number of benzene rings is 1. The van der Waals surface area contributed by atoms with Gasteiger partial charge in [-0.2, -0.15) is 0 Å². The van der Waals surface area contributed by atoms with E-state index in [0.29, 0.717) is 28.8 Å². The Bertz CT molecular complexity index is 852. The highest BCUT2D eigenvalue weighted by atomic mass is 35.5. The molecule has 0 fully saturated rings. The molecule has 2 aromatic rings. The maximum absolute atomic E-state index is 12.8. The number of para-hydroxylation sites is 1. The molecule has 0 atom stereocenters. The van der Waals surface area contributed by atoms with E-state index >= 15 is 0 Å². The second-order valence-corrected chi connectivity index (χ2v) is 7.88. The Morgan fingerprint density at radius 2 is 1.88 bits per heavy atom. The third kappa shape index (κ3) is 3.90. The summed E-state index contributed by atoms with van der Waals surface area (Å²) in [5, 5.41) is 6.18. The number of nitrogens with zero attached hydrogens (tertiary/aromatic N) is 2. The van der Waals surface area contributed by atoms with Crippen LogP contribution in [0.4, 0.5) is 5.69 Å². The standard InChI is InChI=1S/C19H23ClN4O2/c1-19(2,3)23-18(26)16-22-15(14-10-6-7-11-24(14)16)17(25)21-13-9-5-4-8-12(13)20/h4-5,8-9H,6-7,10-11H2,1-3H3,(H,21,25)(H,23,26). The largest absolute Gasteiger partial charge is 0.345 e. The van der Waals surface area contributed by atoms with Crippen molar-refractivity contribution in [2.45, 2.75) is 52.1 Å². The minimum absolute atomic E-state index is 0.266. The number of carbonyl (C=O) groups is 2. The van der Waals surface area contributed by atoms with Gasteiger partial charge in [0.15, 0.2) is 11.5 Å². The Labute approximate surface area is 157 Å². The van der Waals surface area contributed by atoms with Crippen molar-refractivity contribution in [3.63, 3.8) is 0 Å². The molecule has 2 N–H and O–H groups in total. The van der Waals surface area contributed by atoms with Crippen LogP contribution in [0.25, 0.3) is 0 Å². The van der Waals surface area contributed by atoms with Gasteiger partial charge < -0.3 is 15.2 Å². The fourth-order valence-corrected chi connectivity index (χ4v) is 3.22. The maximum Gasteiger partial charge on any atom is 0.287 e. The number of aromatic nitrogens is 2. The van der Waals surface area contributed by atoms with Crippen molar-refractivity contribution in [1.29, 1.82) is 0 Å². The fourth-order valence-electron chi connectivity index (χ4n) is 3.04. The van der Waals surface area contributed by atoms with Gasteiger partial charge in [0, 0.05) is 12.1 Å². The smallest absolute Gasteiger partial charge is 0.287 e. The van der Waals surface area contributed by atoms with Gasteiger partial charge in [0.1, 0.15) is 0 Å². The lowest BCUT2D eigenvalue weighted by Crippen LogP contribution is -2.42. The zero-order chi connectivity index (χ0) is 18.9. The molecular formula is C19H23ClN4O2. The minimum atomic E-state index is -0.377. The zero-order valence-corrected chi connectivity index (χ0v) is 16.0. The van der Waals surface area contributed by atoms with Gasteiger partial charge in [-0.15, -0.1) is 0 Å². The second kappa shape index (κ2) is 7.11. The molecule has 0 saturated heterocycles. The van der Waals surface area contributed by atoms with Gasteiger partial charge >= 0.3 is 0 Å². The predicted octanol–water partition coefficient (Wildman–Crippen LogP) is 3.65. The number of nitrogens with one attached hydrogen (secondary N) is 2. The SMILES string of the molecule is CC(C)(C)NC(=O)c1nc(C(=O)Nc2ccccc2Cl)c2n1CCCC2. The van der Waals surface area contributed by atoms with Crippen LogP contribution in [0, 0.1) is 0 Å². The maximum atomic E-state index is 12.8. The zero-order valence-electron chi connectivity index (χ0n) is 15.2. The van der Waals surface area contributed by atoms with E-state index in [0.717, 1.165) is 25.0 Å². The van der Waals surface area contributed by atoms with E-state index in [-0.39, 0.29) is 17.4 Å². The summed E-state index contributed by atoms with van der Waals surface area (Å²) in [6.07, 6.45) is 2.66. The lowest BCUT2D eigenvalue weighted by Gasteiger charge is -2.22. The molecule has 1 aliphatic rings. The molecule has 3 rings (SSSR count). The van der Waals surface area contributed by atoms with Crippen molar-refractivity contribution in [2.24, 2.45) is 0 Å². The van der Waals surface area contributed by atoms with Gasteiger partial charge in [-0.05, 0) is 52.2 Å². The number of rotatable bonds is 3. The molecular weight excluding hydrogens is 352 g/mol. The Kier molecular flexibility index (Phi) is 5.05. The molecule has 6 nitrogen and oxygen atoms in total. The van der Waals surface area contributed by atoms with Crippen LogP contribution in [-0.4, -0.2) is 26.9 Å². The second-order valence-electron chi connectivity index (χ2n) is 7.48. The Balaban J connectivity index is 1.93. The summed E-state index contributed by atoms with van der Waals surface area (Å²) in [5.74, 6) is -0.324. The van der Waals surface area contributed by atoms with Crippen LogP contribution in [-0.2, 0) is 13.0 Å². The first-order valence-electron chi connectivity index (χ1n) is 8.74. The number of halogens is 1. The van der Waals surface area contributed by atoms with E-state index < -0.39 is 0 Å². The van der Waals surface area contributed by atoms with Crippen LogP contribution < -0.4 is 10.6 Å². The quantitative estimate of drug-likeness (QED) is 0.860. The highest BCUT2D eigenvalue weighted by molar-refractivity contribution is 6.33. The molecule has 2 heterocycles. The summed E-state index contributed by atoms with van der Waals surface area (Å²) >= 11 is 6.12. The first-order valence-corrected chi connectivity index (χ1v) is 9.12. The van der Waals surface area contributed by atoms with Crippen LogP contribution in [0.3, 0.4) is 0 Å². The van der Waals surface area contributed by atoms with E-state index in [4.69, 9.17) is 11.6 Å². The van der Waals surface area contributed by atoms with Crippen molar-refractivity contribution < 1.29 is 9.59 Å². The summed E-state index contributed by atoms with van der Waals surface area (Å²) < 4.78 is 1.87. The average Bonchev–Trinajstić information content (AvgIpc) is 2.95. The first kappa shape index (κ1) is 18.5. The van der Waals surface area contributed by atoms with E-state index in [9.17, 15) is 9.59 Å². The molecule has 7 heteroatoms. The van der Waals surface area contributed by atoms with Gasteiger partial charge in [-0.1, -0.05) is 23.7 Å². The summed E-state index contributed by atoms with van der Waals surface area (Å²) in [4.78, 5) is 29.8. The molecule has 0 spiro atoms. The monoisotopic (exact) mass is 374 g/mol. The van der Waals surface area contributed by atoms with Crippen LogP contribution in [0.5, 0.6) is 0 Å². The van der Waals surface area contributed by atoms with E-state index in [1.54, 1.807) is 24.3 Å². The van der Waals surface area contributed by atoms with Crippen molar-refractivity contribution >= 4 is 29.1 Å². The summed E-state index contributed by atoms with van der Waals surface area (Å²) in [6.45, 7) is 6.43. The highest BCUT2D eigenvalue weighted by Gasteiger charge is 2.29. The van der Waals surface area contributed by atoms with E-state index in [1.807, 2.05) is 25.3 Å². The number of carbonyl (C=O) groups excluding carboxylic acids is 2. The summed E-state index contributed by atoms with van der Waals surface area (Å²) in [6, 6.07) is 7.04. The van der Waals surface area contributed by atoms with Gasteiger partial charge in [0.25, 0.3) is 11.8 Å². The van der Waals surface area contributed by atoms with E-state index in [1.165, 1.54) is 0 Å². The highest BCUT2D eigenvalue weighted by Crippen LogP contribution is 2.25. The Morgan fingerprint density at radius 3 is 2.58 bits per heavy atom. The first-order chi connectivity index (χ1) is 12.3. The molecule has 0 aliphatic carbocycles. The number of hydrogen-bond acceptors (Lipinski definition) is 3. The molecule has 1 aromatic carbocycles. The van der Waals surface area contributed by atoms with Crippen LogP contribution in [0.2, 0.25) is 5.02 Å². The Morgan fingerprint density at radius 1 is 1.15 bits per heavy atom. The predicted molar refractivity (Wildman–Crippen MR) is 102 cm³/mol. The number of fused-ring (bicyclic) bond motifs is 1. The summed E-state index contributed by atoms with van der Waals surface area (Å²) in [7, 11) is 0. The van der Waals surface area contributed by atoms with Gasteiger partial charge in [0.2, 0.25) is 0 Å². The van der Waals surface area contributed by atoms with E-state index in [2.05, 4.69) is 15.6 Å². The third-order valence-electron chi connectivity index (χ3n) is 4.15. The molecule has 1 aromatic heterocycles. The van der Waals surface area contributed by atoms with Gasteiger partial charge in [-0.25, -0.2) is 4.98 Å². The van der Waals surface area contributed by atoms with Crippen LogP contribution >= 0.6 is 11.6 Å². The van der Waals surface area contributed by atoms with Crippen molar-refractivity contribution in [3.05, 3.63) is 46.5 Å². The number of imidazole rings is 1. The third-order valence-corrected chi connectivity index (χ3v) is 4.48. The number of amides is 2. The van der Waals surface area contributed by atoms with Crippen molar-refractivity contribution in [2.75, 3.05) is 5.32 Å². The molecule has 138 valence electrons. The topological polar surface area (TPSA) is 76.0 Å². The number of anilines is 1. The Hall–Kier alpha value is -2.34. The molecule has 26 heavy (non-hydrogen) atoms. The van der Waals surface area contributed by atoms with Crippen molar-refractivity contribution in [3.8, 4) is 0 Å². The fraction of sp³-hybridized carbons (Fsp3) is 0.421. The molecule has 0 bridgehead atoms. The lowest BCUT2D eigenvalue weighted by molar-refractivity contribution is 0.0903.